The fourth-order valence-corrected chi connectivity index (χ4v) is 0.671. The van der Waals surface area contributed by atoms with E-state index in [4.69, 9.17) is 0 Å². The minimum Gasteiger partial charge on any atom is -0.304 e. The van der Waals surface area contributed by atoms with Gasteiger partial charge in [-0.2, -0.15) is 0 Å². The van der Waals surface area contributed by atoms with E-state index in [0.717, 1.165) is 0 Å². The van der Waals surface area contributed by atoms with Crippen LogP contribution in [0.5, 0.6) is 0 Å². The second kappa shape index (κ2) is 7.49. The first kappa shape index (κ1) is 11.3. The molecule has 0 saturated heterocycles. The van der Waals surface area contributed by atoms with Crippen LogP contribution in [0.3, 0.4) is 0 Å². The SMILES string of the molecule is CCN(CC)CC.[Al+3]. The Hall–Kier alpha value is 0.492. The molecule has 0 heterocycles. The molecule has 0 aliphatic carbocycles. The summed E-state index contributed by atoms with van der Waals surface area (Å²) < 4.78 is 0. The van der Waals surface area contributed by atoms with E-state index < -0.39 is 0 Å². The van der Waals surface area contributed by atoms with Crippen LogP contribution in [0, 0.1) is 0 Å². The average Bonchev–Trinajstić information content (AvgIpc) is 1.72. The van der Waals surface area contributed by atoms with Crippen molar-refractivity contribution < 1.29 is 0 Å². The fraction of sp³-hybridized carbons (Fsp3) is 1.00. The largest absolute Gasteiger partial charge is 3.00 e. The third kappa shape index (κ3) is 4.65. The first-order valence-corrected chi connectivity index (χ1v) is 3.07. The zero-order valence-electron chi connectivity index (χ0n) is 6.15. The van der Waals surface area contributed by atoms with Gasteiger partial charge in [0.15, 0.2) is 0 Å². The van der Waals surface area contributed by atoms with E-state index in [9.17, 15) is 0 Å². The van der Waals surface area contributed by atoms with E-state index in [1.807, 2.05) is 0 Å². The molecule has 0 fully saturated rings. The van der Waals surface area contributed by atoms with Crippen LogP contribution in [0.4, 0.5) is 0 Å². The van der Waals surface area contributed by atoms with Crippen LogP contribution in [0.1, 0.15) is 20.8 Å². The molecule has 0 N–H and O–H groups in total. The fourth-order valence-electron chi connectivity index (χ4n) is 0.671. The van der Waals surface area contributed by atoms with E-state index in [1.165, 1.54) is 19.6 Å². The summed E-state index contributed by atoms with van der Waals surface area (Å²) in [6.45, 7) is 10.1. The monoisotopic (exact) mass is 128 g/mol. The van der Waals surface area contributed by atoms with E-state index >= 15 is 0 Å². The summed E-state index contributed by atoms with van der Waals surface area (Å²) in [5.41, 5.74) is 0. The Morgan fingerprint density at radius 3 is 1.12 bits per heavy atom. The topological polar surface area (TPSA) is 3.24 Å². The summed E-state index contributed by atoms with van der Waals surface area (Å²) in [7, 11) is 0. The Morgan fingerprint density at radius 2 is 1.12 bits per heavy atom. The second-order valence-corrected chi connectivity index (χ2v) is 1.62. The van der Waals surface area contributed by atoms with Gasteiger partial charge in [-0.1, -0.05) is 20.8 Å². The molecule has 1 nitrogen and oxygen atoms in total. The minimum atomic E-state index is 0. The zero-order valence-corrected chi connectivity index (χ0v) is 7.30. The van der Waals surface area contributed by atoms with Crippen LogP contribution >= 0.6 is 0 Å². The summed E-state index contributed by atoms with van der Waals surface area (Å²) >= 11 is 0. The van der Waals surface area contributed by atoms with E-state index in [-0.39, 0.29) is 17.4 Å². The van der Waals surface area contributed by atoms with Gasteiger partial charge in [0.05, 0.1) is 0 Å². The summed E-state index contributed by atoms with van der Waals surface area (Å²) in [6, 6.07) is 0. The van der Waals surface area contributed by atoms with Crippen molar-refractivity contribution in [3.8, 4) is 0 Å². The molecule has 8 heavy (non-hydrogen) atoms. The van der Waals surface area contributed by atoms with Crippen molar-refractivity contribution in [1.29, 1.82) is 0 Å². The van der Waals surface area contributed by atoms with Gasteiger partial charge in [0.2, 0.25) is 0 Å². The van der Waals surface area contributed by atoms with Crippen molar-refractivity contribution in [2.45, 2.75) is 20.8 Å². The number of rotatable bonds is 3. The molecule has 0 atom stereocenters. The Balaban J connectivity index is 0. The summed E-state index contributed by atoms with van der Waals surface area (Å²) in [5, 5.41) is 0. The molecule has 2 heteroatoms. The van der Waals surface area contributed by atoms with Crippen molar-refractivity contribution in [2.24, 2.45) is 0 Å². The number of hydrogen-bond acceptors (Lipinski definition) is 1. The van der Waals surface area contributed by atoms with Crippen molar-refractivity contribution in [2.75, 3.05) is 19.6 Å². The van der Waals surface area contributed by atoms with Gasteiger partial charge in [-0.15, -0.1) is 0 Å². The molecule has 0 amide bonds. The van der Waals surface area contributed by atoms with Gasteiger partial charge in [-0.25, -0.2) is 0 Å². The molecule has 0 bridgehead atoms. The first-order chi connectivity index (χ1) is 3.35. The Morgan fingerprint density at radius 1 is 0.875 bits per heavy atom. The molecule has 0 unspecified atom stereocenters. The quantitative estimate of drug-likeness (QED) is 0.512. The van der Waals surface area contributed by atoms with Crippen LogP contribution in [0.25, 0.3) is 0 Å². The molecule has 0 radical (unpaired) electrons. The Kier molecular flexibility index (Phi) is 10.6. The summed E-state index contributed by atoms with van der Waals surface area (Å²) in [4.78, 5) is 2.38. The van der Waals surface area contributed by atoms with Crippen LogP contribution in [-0.4, -0.2) is 41.9 Å². The van der Waals surface area contributed by atoms with Crippen molar-refractivity contribution >= 4 is 17.4 Å². The maximum atomic E-state index is 2.38. The molecular weight excluding hydrogens is 113 g/mol. The second-order valence-electron chi connectivity index (χ2n) is 1.62. The molecule has 0 aliphatic heterocycles. The van der Waals surface area contributed by atoms with E-state index in [1.54, 1.807) is 0 Å². The van der Waals surface area contributed by atoms with Gasteiger partial charge in [-0.3, -0.25) is 0 Å². The standard InChI is InChI=1S/C6H15N.Al/c1-4-7(5-2)6-3;/h4-6H2,1-3H3;/q;+3. The van der Waals surface area contributed by atoms with Crippen molar-refractivity contribution in [3.05, 3.63) is 0 Å². The van der Waals surface area contributed by atoms with Gasteiger partial charge in [-0.05, 0) is 19.6 Å². The van der Waals surface area contributed by atoms with Crippen LogP contribution in [-0.2, 0) is 0 Å². The molecule has 0 aliphatic rings. The third-order valence-corrected chi connectivity index (χ3v) is 1.34. The molecule has 0 aromatic rings. The molecule has 0 rings (SSSR count). The maximum absolute atomic E-state index is 2.38. The van der Waals surface area contributed by atoms with E-state index in [2.05, 4.69) is 25.7 Å². The van der Waals surface area contributed by atoms with Crippen molar-refractivity contribution in [3.63, 3.8) is 0 Å². The van der Waals surface area contributed by atoms with Gasteiger partial charge in [0.1, 0.15) is 0 Å². The van der Waals surface area contributed by atoms with Crippen LogP contribution in [0.2, 0.25) is 0 Å². The Bertz CT molecular complexity index is 30.0. The molecule has 0 spiro atoms. The van der Waals surface area contributed by atoms with E-state index in [0.29, 0.717) is 0 Å². The zero-order chi connectivity index (χ0) is 5.70. The third-order valence-electron chi connectivity index (χ3n) is 1.34. The summed E-state index contributed by atoms with van der Waals surface area (Å²) in [5.74, 6) is 0. The minimum absolute atomic E-state index is 0. The number of hydrogen-bond donors (Lipinski definition) is 0. The number of nitrogens with zero attached hydrogens (tertiary/aromatic N) is 1. The van der Waals surface area contributed by atoms with Gasteiger partial charge < -0.3 is 4.90 Å². The van der Waals surface area contributed by atoms with Gasteiger partial charge in [0, 0.05) is 0 Å². The normalized spacial score (nSPS) is 9.00. The predicted octanol–water partition coefficient (Wildman–Crippen LogP) is 0.967. The molecule has 0 saturated carbocycles. The van der Waals surface area contributed by atoms with Gasteiger partial charge >= 0.3 is 17.4 Å². The molecule has 0 aromatic heterocycles. The molecule has 0 aromatic carbocycles. The van der Waals surface area contributed by atoms with Crippen LogP contribution < -0.4 is 0 Å². The summed E-state index contributed by atoms with van der Waals surface area (Å²) in [6.07, 6.45) is 0. The van der Waals surface area contributed by atoms with Gasteiger partial charge in [0.25, 0.3) is 0 Å². The predicted molar refractivity (Wildman–Crippen MR) is 39.2 cm³/mol. The maximum Gasteiger partial charge on any atom is 3.00 e. The molecular formula is C6H15AlN+3. The van der Waals surface area contributed by atoms with Crippen LogP contribution in [0.15, 0.2) is 0 Å². The average molecular weight is 128 g/mol. The van der Waals surface area contributed by atoms with Crippen molar-refractivity contribution in [1.82, 2.24) is 4.90 Å². The first-order valence-electron chi connectivity index (χ1n) is 3.07. The molecule has 44 valence electrons. The smallest absolute Gasteiger partial charge is 0.304 e. The Labute approximate surface area is 63.2 Å².